The van der Waals surface area contributed by atoms with E-state index in [1.165, 1.54) is 12.8 Å². The number of piperidine rings is 1. The van der Waals surface area contributed by atoms with Crippen LogP contribution in [-0.4, -0.2) is 54.9 Å². The van der Waals surface area contributed by atoms with Crippen LogP contribution in [0.2, 0.25) is 0 Å². The van der Waals surface area contributed by atoms with Gasteiger partial charge in [0.1, 0.15) is 0 Å². The minimum Gasteiger partial charge on any atom is -0.338 e. The summed E-state index contributed by atoms with van der Waals surface area (Å²) in [6.07, 6.45) is 5.26. The lowest BCUT2D eigenvalue weighted by Gasteiger charge is -2.39. The van der Waals surface area contributed by atoms with Crippen molar-refractivity contribution in [1.29, 1.82) is 0 Å². The Morgan fingerprint density at radius 2 is 1.81 bits per heavy atom. The second-order valence-electron chi connectivity index (χ2n) is 7.08. The summed E-state index contributed by atoms with van der Waals surface area (Å²) in [5, 5.41) is 3.15. The van der Waals surface area contributed by atoms with Crippen LogP contribution in [0.25, 0.3) is 0 Å². The monoisotopic (exact) mass is 314 g/mol. The van der Waals surface area contributed by atoms with E-state index in [1.807, 2.05) is 6.92 Å². The number of hydrogen-bond acceptors (Lipinski definition) is 4. The number of sulfone groups is 1. The summed E-state index contributed by atoms with van der Waals surface area (Å²) in [7, 11) is -3.02. The molecule has 0 aromatic rings. The predicted octanol–water partition coefficient (Wildman–Crippen LogP) is 0.941. The second kappa shape index (κ2) is 5.54. The minimum absolute atomic E-state index is 0.113. The SMILES string of the molecule is CC1C(C)S(=O)(=O)CCN1C(=O)CC1CC2CCC(C1)N2. The standard InChI is InChI=1S/C15H26N2O3S/c1-10-11(2)21(19,20)6-5-17(10)15(18)9-12-7-13-3-4-14(8-12)16-13/h10-14,16H,3-9H2,1-2H3. The zero-order valence-corrected chi connectivity index (χ0v) is 13.7. The van der Waals surface area contributed by atoms with Crippen molar-refractivity contribution in [2.45, 2.75) is 69.3 Å². The fraction of sp³-hybridized carbons (Fsp3) is 0.933. The Morgan fingerprint density at radius 3 is 2.43 bits per heavy atom. The number of nitrogens with one attached hydrogen (secondary N) is 1. The van der Waals surface area contributed by atoms with Crippen LogP contribution in [0, 0.1) is 5.92 Å². The molecule has 0 spiro atoms. The zero-order valence-electron chi connectivity index (χ0n) is 12.9. The van der Waals surface area contributed by atoms with Gasteiger partial charge in [-0.1, -0.05) is 0 Å². The summed E-state index contributed by atoms with van der Waals surface area (Å²) in [6.45, 7) is 3.96. The van der Waals surface area contributed by atoms with Gasteiger partial charge in [-0.2, -0.15) is 0 Å². The number of rotatable bonds is 2. The van der Waals surface area contributed by atoms with Crippen molar-refractivity contribution in [3.8, 4) is 0 Å². The van der Waals surface area contributed by atoms with Gasteiger partial charge in [-0.25, -0.2) is 8.42 Å². The number of hydrogen-bond donors (Lipinski definition) is 1. The molecule has 3 aliphatic heterocycles. The Kier molecular flexibility index (Phi) is 4.03. The molecule has 0 saturated carbocycles. The van der Waals surface area contributed by atoms with Crippen molar-refractivity contribution in [2.75, 3.05) is 12.3 Å². The molecule has 3 rings (SSSR count). The fourth-order valence-electron chi connectivity index (χ4n) is 4.23. The van der Waals surface area contributed by atoms with Crippen LogP contribution in [0.5, 0.6) is 0 Å². The quantitative estimate of drug-likeness (QED) is 0.824. The Hall–Kier alpha value is -0.620. The van der Waals surface area contributed by atoms with Crippen LogP contribution in [0.15, 0.2) is 0 Å². The van der Waals surface area contributed by atoms with Gasteiger partial charge >= 0.3 is 0 Å². The van der Waals surface area contributed by atoms with Crippen LogP contribution in [0.3, 0.4) is 0 Å². The smallest absolute Gasteiger partial charge is 0.223 e. The largest absolute Gasteiger partial charge is 0.338 e. The van der Waals surface area contributed by atoms with Gasteiger partial charge < -0.3 is 10.2 Å². The van der Waals surface area contributed by atoms with E-state index in [1.54, 1.807) is 11.8 Å². The summed E-state index contributed by atoms with van der Waals surface area (Å²) in [4.78, 5) is 14.4. The first kappa shape index (κ1) is 15.3. The van der Waals surface area contributed by atoms with Gasteiger partial charge in [-0.3, -0.25) is 4.79 Å². The highest BCUT2D eigenvalue weighted by molar-refractivity contribution is 7.92. The molecule has 5 nitrogen and oxygen atoms in total. The van der Waals surface area contributed by atoms with Gasteiger partial charge in [0.2, 0.25) is 5.91 Å². The average Bonchev–Trinajstić information content (AvgIpc) is 2.75. The zero-order chi connectivity index (χ0) is 15.2. The van der Waals surface area contributed by atoms with E-state index < -0.39 is 15.1 Å². The molecule has 0 aromatic heterocycles. The molecule has 120 valence electrons. The molecule has 21 heavy (non-hydrogen) atoms. The molecular formula is C15H26N2O3S. The summed E-state index contributed by atoms with van der Waals surface area (Å²) in [5.41, 5.74) is 0. The molecular weight excluding hydrogens is 288 g/mol. The van der Waals surface area contributed by atoms with E-state index in [9.17, 15) is 13.2 Å². The molecule has 0 aromatic carbocycles. The van der Waals surface area contributed by atoms with E-state index >= 15 is 0 Å². The van der Waals surface area contributed by atoms with E-state index in [4.69, 9.17) is 0 Å². The van der Waals surface area contributed by atoms with Crippen molar-refractivity contribution < 1.29 is 13.2 Å². The molecule has 6 heteroatoms. The second-order valence-corrected chi connectivity index (χ2v) is 9.56. The van der Waals surface area contributed by atoms with Crippen molar-refractivity contribution in [3.63, 3.8) is 0 Å². The van der Waals surface area contributed by atoms with Crippen molar-refractivity contribution >= 4 is 15.7 Å². The first-order chi connectivity index (χ1) is 9.87. The van der Waals surface area contributed by atoms with E-state index in [0.717, 1.165) is 12.8 Å². The van der Waals surface area contributed by atoms with Crippen LogP contribution in [0.1, 0.15) is 46.0 Å². The number of fused-ring (bicyclic) bond motifs is 2. The summed E-state index contributed by atoms with van der Waals surface area (Å²) >= 11 is 0. The van der Waals surface area contributed by atoms with E-state index in [2.05, 4.69) is 5.32 Å². The first-order valence-corrected chi connectivity index (χ1v) is 9.85. The highest BCUT2D eigenvalue weighted by atomic mass is 32.2. The average molecular weight is 314 g/mol. The molecule has 0 radical (unpaired) electrons. The summed E-state index contributed by atoms with van der Waals surface area (Å²) in [5.74, 6) is 0.731. The molecule has 1 N–H and O–H groups in total. The lowest BCUT2D eigenvalue weighted by atomic mass is 9.89. The highest BCUT2D eigenvalue weighted by Gasteiger charge is 2.40. The minimum atomic E-state index is -3.02. The topological polar surface area (TPSA) is 66.5 Å². The number of carbonyl (C=O) groups is 1. The number of amides is 1. The molecule has 3 saturated heterocycles. The van der Waals surface area contributed by atoms with E-state index in [-0.39, 0.29) is 17.7 Å². The first-order valence-electron chi connectivity index (χ1n) is 8.14. The van der Waals surface area contributed by atoms with Gasteiger partial charge in [-0.05, 0) is 45.4 Å². The lowest BCUT2D eigenvalue weighted by molar-refractivity contribution is -0.134. The molecule has 0 aliphatic carbocycles. The Balaban J connectivity index is 1.61. The Labute approximate surface area is 127 Å². The lowest BCUT2D eigenvalue weighted by Crippen LogP contribution is -2.54. The summed E-state index contributed by atoms with van der Waals surface area (Å²) < 4.78 is 23.8. The van der Waals surface area contributed by atoms with Gasteiger partial charge in [0, 0.05) is 31.1 Å². The van der Waals surface area contributed by atoms with E-state index in [0.29, 0.717) is 31.0 Å². The molecule has 3 fully saturated rings. The normalized spacial score (nSPS) is 42.0. The Morgan fingerprint density at radius 1 is 1.19 bits per heavy atom. The molecule has 1 amide bonds. The predicted molar refractivity (Wildman–Crippen MR) is 81.7 cm³/mol. The third kappa shape index (κ3) is 2.97. The molecule has 3 aliphatic rings. The highest BCUT2D eigenvalue weighted by Crippen LogP contribution is 2.33. The maximum atomic E-state index is 12.6. The van der Waals surface area contributed by atoms with Crippen molar-refractivity contribution in [2.24, 2.45) is 5.92 Å². The van der Waals surface area contributed by atoms with Gasteiger partial charge in [-0.15, -0.1) is 0 Å². The number of nitrogens with zero attached hydrogens (tertiary/aromatic N) is 1. The molecule has 2 bridgehead atoms. The maximum Gasteiger partial charge on any atom is 0.223 e. The van der Waals surface area contributed by atoms with Crippen molar-refractivity contribution in [1.82, 2.24) is 10.2 Å². The van der Waals surface area contributed by atoms with Gasteiger partial charge in [0.15, 0.2) is 9.84 Å². The Bertz CT molecular complexity index is 507. The van der Waals surface area contributed by atoms with Crippen LogP contribution >= 0.6 is 0 Å². The summed E-state index contributed by atoms with van der Waals surface area (Å²) in [6, 6.07) is 0.994. The molecule has 4 atom stereocenters. The number of carbonyl (C=O) groups excluding carboxylic acids is 1. The van der Waals surface area contributed by atoms with Crippen molar-refractivity contribution in [3.05, 3.63) is 0 Å². The van der Waals surface area contributed by atoms with Gasteiger partial charge in [0.25, 0.3) is 0 Å². The fourth-order valence-corrected chi connectivity index (χ4v) is 5.80. The van der Waals surface area contributed by atoms with Crippen LogP contribution in [0.4, 0.5) is 0 Å². The van der Waals surface area contributed by atoms with Gasteiger partial charge in [0.05, 0.1) is 11.0 Å². The third-order valence-electron chi connectivity index (χ3n) is 5.71. The van der Waals surface area contributed by atoms with Crippen LogP contribution in [-0.2, 0) is 14.6 Å². The third-order valence-corrected chi connectivity index (χ3v) is 7.99. The molecule has 3 heterocycles. The van der Waals surface area contributed by atoms with Crippen LogP contribution < -0.4 is 5.32 Å². The molecule has 4 unspecified atom stereocenters. The maximum absolute atomic E-state index is 12.6.